The van der Waals surface area contributed by atoms with Crippen LogP contribution < -0.4 is 0 Å². The van der Waals surface area contributed by atoms with E-state index in [0.717, 1.165) is 0 Å². The summed E-state index contributed by atoms with van der Waals surface area (Å²) in [6.45, 7) is 7.22. The number of phenols is 2. The first-order valence-corrected chi connectivity index (χ1v) is 8.33. The molecule has 2 saturated heterocycles. The van der Waals surface area contributed by atoms with Crippen LogP contribution in [-0.4, -0.2) is 32.7 Å². The van der Waals surface area contributed by atoms with E-state index in [-0.39, 0.29) is 23.8 Å². The van der Waals surface area contributed by atoms with Gasteiger partial charge >= 0.3 is 5.97 Å². The molecule has 4 aliphatic rings. The zero-order valence-electron chi connectivity index (χ0n) is 14.2. The molecule has 0 saturated carbocycles. The van der Waals surface area contributed by atoms with Gasteiger partial charge in [-0.05, 0) is 31.9 Å². The normalized spacial score (nSPS) is 40.4. The van der Waals surface area contributed by atoms with Crippen molar-refractivity contribution in [3.8, 4) is 11.5 Å². The third-order valence-electron chi connectivity index (χ3n) is 6.59. The van der Waals surface area contributed by atoms with Crippen LogP contribution in [0.1, 0.15) is 56.4 Å². The molecule has 24 heavy (non-hydrogen) atoms. The Kier molecular flexibility index (Phi) is 2.78. The molecule has 2 fully saturated rings. The van der Waals surface area contributed by atoms with Crippen molar-refractivity contribution in [3.63, 3.8) is 0 Å². The van der Waals surface area contributed by atoms with E-state index in [2.05, 4.69) is 0 Å². The molecular weight excluding hydrogens is 312 g/mol. The number of ether oxygens (including phenoxy) is 2. The molecule has 3 aliphatic heterocycles. The van der Waals surface area contributed by atoms with E-state index in [1.165, 1.54) is 6.07 Å². The number of carbonyl (C=O) groups excluding carboxylic acids is 1. The van der Waals surface area contributed by atoms with Crippen LogP contribution in [0.2, 0.25) is 0 Å². The minimum absolute atomic E-state index is 0.0330. The monoisotopic (exact) mass is 334 g/mol. The molecule has 5 atom stereocenters. The van der Waals surface area contributed by atoms with Crippen molar-refractivity contribution >= 4 is 5.97 Å². The molecule has 6 heteroatoms. The summed E-state index contributed by atoms with van der Waals surface area (Å²) in [5.41, 5.74) is -1.52. The van der Waals surface area contributed by atoms with Crippen molar-refractivity contribution in [2.45, 2.75) is 63.4 Å². The van der Waals surface area contributed by atoms with Gasteiger partial charge in [-0.15, -0.1) is 0 Å². The fourth-order valence-corrected chi connectivity index (χ4v) is 4.83. The Labute approximate surface area is 140 Å². The molecule has 0 aromatic heterocycles. The SMILES string of the molecule is CC[C@@H](C)[C@@]12OC(=O)[C@@]3(O)C[C@@H](O1)c1c(cc(O)c(C)c1O)[C@@]23C. The van der Waals surface area contributed by atoms with Gasteiger partial charge in [0.15, 0.2) is 5.60 Å². The van der Waals surface area contributed by atoms with E-state index in [9.17, 15) is 20.1 Å². The van der Waals surface area contributed by atoms with Crippen LogP contribution in [-0.2, 0) is 19.7 Å². The molecule has 3 N–H and O–H groups in total. The summed E-state index contributed by atoms with van der Waals surface area (Å²) in [6, 6.07) is 1.53. The Morgan fingerprint density at radius 2 is 2.08 bits per heavy atom. The molecule has 0 unspecified atom stereocenters. The molecular formula is C18H22O6. The Bertz CT molecular complexity index is 773. The minimum Gasteiger partial charge on any atom is -0.508 e. The van der Waals surface area contributed by atoms with Gasteiger partial charge in [-0.2, -0.15) is 0 Å². The highest BCUT2D eigenvalue weighted by molar-refractivity contribution is 5.88. The van der Waals surface area contributed by atoms with Crippen LogP contribution in [0.25, 0.3) is 0 Å². The van der Waals surface area contributed by atoms with Gasteiger partial charge in [0, 0.05) is 23.5 Å². The Morgan fingerprint density at radius 3 is 2.71 bits per heavy atom. The van der Waals surface area contributed by atoms with Crippen molar-refractivity contribution in [1.82, 2.24) is 0 Å². The van der Waals surface area contributed by atoms with E-state index < -0.39 is 28.9 Å². The molecule has 4 bridgehead atoms. The number of hydrogen-bond acceptors (Lipinski definition) is 6. The molecule has 1 aromatic rings. The number of esters is 1. The number of phenolic OH excluding ortho intramolecular Hbond substituents is 2. The van der Waals surface area contributed by atoms with Crippen LogP contribution >= 0.6 is 0 Å². The number of hydrogen-bond donors (Lipinski definition) is 3. The van der Waals surface area contributed by atoms with Crippen molar-refractivity contribution in [2.24, 2.45) is 5.92 Å². The molecule has 130 valence electrons. The molecule has 0 radical (unpaired) electrons. The standard InChI is InChI=1S/C18H22O6/c1-5-8(2)18-16(4)10-6-11(19)9(3)14(20)13(10)12(23-18)7-17(16,22)15(21)24-18/h6,8,12,19-20,22H,5,7H2,1-4H3/t8-,12-,16-,17+,18+/m1/s1. The first kappa shape index (κ1) is 15.7. The van der Waals surface area contributed by atoms with Gasteiger partial charge in [-0.3, -0.25) is 0 Å². The third kappa shape index (κ3) is 1.32. The van der Waals surface area contributed by atoms with Crippen molar-refractivity contribution in [1.29, 1.82) is 0 Å². The zero-order chi connectivity index (χ0) is 17.7. The zero-order valence-corrected chi connectivity index (χ0v) is 14.2. The summed E-state index contributed by atoms with van der Waals surface area (Å²) in [5, 5.41) is 32.0. The average molecular weight is 334 g/mol. The van der Waals surface area contributed by atoms with Gasteiger partial charge in [0.05, 0.1) is 11.5 Å². The fraction of sp³-hybridized carbons (Fsp3) is 0.611. The molecule has 0 spiro atoms. The maximum atomic E-state index is 12.6. The lowest BCUT2D eigenvalue weighted by Crippen LogP contribution is -2.69. The molecule has 5 rings (SSSR count). The van der Waals surface area contributed by atoms with Gasteiger partial charge in [0.25, 0.3) is 0 Å². The summed E-state index contributed by atoms with van der Waals surface area (Å²) in [5.74, 6) is -2.29. The number of benzene rings is 1. The predicted octanol–water partition coefficient (Wildman–Crippen LogP) is 2.17. The molecule has 1 aromatic carbocycles. The lowest BCUT2D eigenvalue weighted by Gasteiger charge is -2.58. The maximum absolute atomic E-state index is 12.6. The summed E-state index contributed by atoms with van der Waals surface area (Å²) in [7, 11) is 0. The highest BCUT2D eigenvalue weighted by Gasteiger charge is 2.81. The van der Waals surface area contributed by atoms with Gasteiger partial charge < -0.3 is 24.8 Å². The van der Waals surface area contributed by atoms with Crippen molar-refractivity contribution < 1.29 is 29.6 Å². The quantitative estimate of drug-likeness (QED) is 0.717. The van der Waals surface area contributed by atoms with Gasteiger partial charge in [-0.1, -0.05) is 13.8 Å². The van der Waals surface area contributed by atoms with Crippen LogP contribution in [0.5, 0.6) is 11.5 Å². The molecule has 0 amide bonds. The smallest absolute Gasteiger partial charge is 0.341 e. The van der Waals surface area contributed by atoms with Crippen LogP contribution in [0, 0.1) is 12.8 Å². The van der Waals surface area contributed by atoms with Crippen LogP contribution in [0.15, 0.2) is 6.07 Å². The Morgan fingerprint density at radius 1 is 1.42 bits per heavy atom. The molecule has 6 nitrogen and oxygen atoms in total. The number of carbonyl (C=O) groups is 1. The van der Waals surface area contributed by atoms with E-state index in [1.807, 2.05) is 13.8 Å². The fourth-order valence-electron chi connectivity index (χ4n) is 4.83. The van der Waals surface area contributed by atoms with Crippen molar-refractivity contribution in [2.75, 3.05) is 0 Å². The largest absolute Gasteiger partial charge is 0.508 e. The van der Waals surface area contributed by atoms with Crippen LogP contribution in [0.4, 0.5) is 0 Å². The lowest BCUT2D eigenvalue weighted by atomic mass is 9.53. The Hall–Kier alpha value is -1.79. The van der Waals surface area contributed by atoms with E-state index in [1.54, 1.807) is 13.8 Å². The van der Waals surface area contributed by atoms with Crippen LogP contribution in [0.3, 0.4) is 0 Å². The summed E-state index contributed by atoms with van der Waals surface area (Å²) < 4.78 is 11.9. The number of aliphatic hydroxyl groups is 1. The predicted molar refractivity (Wildman–Crippen MR) is 83.5 cm³/mol. The topological polar surface area (TPSA) is 96.2 Å². The van der Waals surface area contributed by atoms with E-state index >= 15 is 0 Å². The first-order valence-electron chi connectivity index (χ1n) is 8.33. The van der Waals surface area contributed by atoms with Crippen molar-refractivity contribution in [3.05, 3.63) is 22.8 Å². The molecule has 1 aliphatic carbocycles. The highest BCUT2D eigenvalue weighted by atomic mass is 16.7. The summed E-state index contributed by atoms with van der Waals surface area (Å²) in [4.78, 5) is 12.6. The van der Waals surface area contributed by atoms with Gasteiger partial charge in [0.2, 0.25) is 5.79 Å². The number of rotatable bonds is 2. The third-order valence-corrected chi connectivity index (χ3v) is 6.59. The van der Waals surface area contributed by atoms with Gasteiger partial charge in [-0.25, -0.2) is 4.79 Å². The Balaban J connectivity index is 2.10. The maximum Gasteiger partial charge on any atom is 0.341 e. The first-order chi connectivity index (χ1) is 11.1. The highest BCUT2D eigenvalue weighted by Crippen LogP contribution is 2.69. The lowest BCUT2D eigenvalue weighted by molar-refractivity contribution is -0.319. The second-order valence-electron chi connectivity index (χ2n) is 7.49. The average Bonchev–Trinajstić information content (AvgIpc) is 2.64. The van der Waals surface area contributed by atoms with Gasteiger partial charge in [0.1, 0.15) is 11.5 Å². The van der Waals surface area contributed by atoms with E-state index in [0.29, 0.717) is 23.1 Å². The second kappa shape index (κ2) is 4.24. The minimum atomic E-state index is -1.74. The molecule has 3 heterocycles. The number of aromatic hydroxyl groups is 2. The van der Waals surface area contributed by atoms with E-state index in [4.69, 9.17) is 9.47 Å². The second-order valence-corrected chi connectivity index (χ2v) is 7.49. The summed E-state index contributed by atoms with van der Waals surface area (Å²) >= 11 is 0. The summed E-state index contributed by atoms with van der Waals surface area (Å²) in [6.07, 6.45) is 0.0578.